The summed E-state index contributed by atoms with van der Waals surface area (Å²) < 4.78 is 6.59. The molecule has 0 radical (unpaired) electrons. The van der Waals surface area contributed by atoms with Crippen LogP contribution in [0.25, 0.3) is 0 Å². The van der Waals surface area contributed by atoms with Crippen LogP contribution in [0.4, 0.5) is 5.69 Å². The molecular formula is C18H15N3O2S2. The fourth-order valence-electron chi connectivity index (χ4n) is 2.66. The average Bonchev–Trinajstić information content (AvgIpc) is 3.16. The van der Waals surface area contributed by atoms with Gasteiger partial charge < -0.3 is 10.1 Å². The van der Waals surface area contributed by atoms with Gasteiger partial charge in [0, 0.05) is 10.6 Å². The highest BCUT2D eigenvalue weighted by Crippen LogP contribution is 2.30. The van der Waals surface area contributed by atoms with E-state index in [0.717, 1.165) is 26.2 Å². The number of nitrogens with one attached hydrogen (secondary N) is 1. The van der Waals surface area contributed by atoms with Gasteiger partial charge in [-0.15, -0.1) is 10.2 Å². The third-order valence-electron chi connectivity index (χ3n) is 3.92. The van der Waals surface area contributed by atoms with Crippen molar-refractivity contribution >= 4 is 34.7 Å². The number of anilines is 1. The fraction of sp³-hybridized carbons (Fsp3) is 0.167. The molecule has 1 atom stereocenters. The number of fused-ring (bicyclic) bond motifs is 1. The quantitative estimate of drug-likeness (QED) is 0.756. The largest absolute Gasteiger partial charge is 0.492 e. The summed E-state index contributed by atoms with van der Waals surface area (Å²) in [4.78, 5) is 13.6. The van der Waals surface area contributed by atoms with Gasteiger partial charge in [-0.05, 0) is 42.3 Å². The van der Waals surface area contributed by atoms with Gasteiger partial charge in [0.2, 0.25) is 5.91 Å². The Kier molecular flexibility index (Phi) is 4.67. The number of carbonyl (C=O) groups excluding carboxylic acids is 1. The highest BCUT2D eigenvalue weighted by molar-refractivity contribution is 8.01. The van der Waals surface area contributed by atoms with Crippen LogP contribution >= 0.6 is 23.1 Å². The van der Waals surface area contributed by atoms with E-state index in [1.54, 1.807) is 17.3 Å². The second-order valence-electron chi connectivity index (χ2n) is 5.64. The van der Waals surface area contributed by atoms with Crippen molar-refractivity contribution in [3.8, 4) is 5.75 Å². The summed E-state index contributed by atoms with van der Waals surface area (Å²) in [5, 5.41) is 10.8. The van der Waals surface area contributed by atoms with Crippen molar-refractivity contribution in [3.63, 3.8) is 0 Å². The van der Waals surface area contributed by atoms with Gasteiger partial charge in [-0.3, -0.25) is 4.79 Å². The minimum Gasteiger partial charge on any atom is -0.492 e. The summed E-state index contributed by atoms with van der Waals surface area (Å²) in [5.74, 6) is 0.689. The predicted molar refractivity (Wildman–Crippen MR) is 98.2 cm³/mol. The van der Waals surface area contributed by atoms with Crippen LogP contribution in [0.5, 0.6) is 5.75 Å². The summed E-state index contributed by atoms with van der Waals surface area (Å²) in [6, 6.07) is 15.6. The van der Waals surface area contributed by atoms with E-state index in [1.807, 2.05) is 48.5 Å². The number of para-hydroxylation sites is 1. The van der Waals surface area contributed by atoms with Gasteiger partial charge in [-0.25, -0.2) is 0 Å². The molecule has 1 amide bonds. The second-order valence-corrected chi connectivity index (χ2v) is 7.79. The van der Waals surface area contributed by atoms with E-state index in [4.69, 9.17) is 4.74 Å². The van der Waals surface area contributed by atoms with E-state index in [0.29, 0.717) is 13.0 Å². The number of carbonyl (C=O) groups is 1. The summed E-state index contributed by atoms with van der Waals surface area (Å²) in [5.41, 5.74) is 3.57. The molecule has 0 bridgehead atoms. The van der Waals surface area contributed by atoms with Gasteiger partial charge >= 0.3 is 0 Å². The number of nitrogens with zero attached hydrogens (tertiary/aromatic N) is 2. The van der Waals surface area contributed by atoms with Crippen LogP contribution in [0, 0.1) is 5.92 Å². The Labute approximate surface area is 153 Å². The van der Waals surface area contributed by atoms with Crippen LogP contribution in [0.15, 0.2) is 63.3 Å². The lowest BCUT2D eigenvalue weighted by Gasteiger charge is -2.24. The molecule has 1 N–H and O–H groups in total. The molecular weight excluding hydrogens is 354 g/mol. The number of amides is 1. The van der Waals surface area contributed by atoms with Crippen LogP contribution in [0.3, 0.4) is 0 Å². The highest BCUT2D eigenvalue weighted by atomic mass is 32.2. The molecule has 0 fully saturated rings. The van der Waals surface area contributed by atoms with Crippen molar-refractivity contribution in [2.24, 2.45) is 5.92 Å². The Morgan fingerprint density at radius 1 is 1.20 bits per heavy atom. The van der Waals surface area contributed by atoms with Gasteiger partial charge in [0.1, 0.15) is 17.9 Å². The molecule has 1 unspecified atom stereocenters. The van der Waals surface area contributed by atoms with Gasteiger partial charge in [-0.1, -0.05) is 41.3 Å². The molecule has 2 heterocycles. The topological polar surface area (TPSA) is 64.1 Å². The number of hydrogen-bond acceptors (Lipinski definition) is 6. The van der Waals surface area contributed by atoms with Crippen molar-refractivity contribution in [3.05, 3.63) is 59.6 Å². The van der Waals surface area contributed by atoms with E-state index in [1.165, 1.54) is 11.3 Å². The normalized spacial score (nSPS) is 15.9. The maximum atomic E-state index is 12.5. The zero-order valence-electron chi connectivity index (χ0n) is 13.2. The standard InChI is InChI=1S/C18H15N3O2S2/c22-17(13-9-12-3-1-2-4-16(12)23-10-13)20-14-5-7-15(8-6-14)25-18-21-19-11-24-18/h1-8,11,13H,9-10H2,(H,20,22). The Hall–Kier alpha value is -2.38. The van der Waals surface area contributed by atoms with Crippen LogP contribution in [0.2, 0.25) is 0 Å². The number of benzene rings is 2. The number of hydrogen-bond donors (Lipinski definition) is 1. The van der Waals surface area contributed by atoms with Gasteiger partial charge in [0.25, 0.3) is 0 Å². The van der Waals surface area contributed by atoms with Crippen molar-refractivity contribution in [2.75, 3.05) is 11.9 Å². The van der Waals surface area contributed by atoms with Gasteiger partial charge in [0.05, 0.1) is 5.92 Å². The monoisotopic (exact) mass is 369 g/mol. The second kappa shape index (κ2) is 7.25. The van der Waals surface area contributed by atoms with Crippen LogP contribution in [-0.4, -0.2) is 22.7 Å². The average molecular weight is 369 g/mol. The van der Waals surface area contributed by atoms with Gasteiger partial charge in [0.15, 0.2) is 4.34 Å². The molecule has 25 heavy (non-hydrogen) atoms. The lowest BCUT2D eigenvalue weighted by Crippen LogP contribution is -2.32. The Balaban J connectivity index is 1.38. The molecule has 7 heteroatoms. The summed E-state index contributed by atoms with van der Waals surface area (Å²) in [6.45, 7) is 0.411. The van der Waals surface area contributed by atoms with Crippen LogP contribution in [-0.2, 0) is 11.2 Å². The molecule has 3 aromatic rings. The lowest BCUT2D eigenvalue weighted by atomic mass is 9.96. The maximum absolute atomic E-state index is 12.5. The third kappa shape index (κ3) is 3.83. The SMILES string of the molecule is O=C(Nc1ccc(Sc2nncs2)cc1)C1COc2ccccc2C1. The van der Waals surface area contributed by atoms with Crippen molar-refractivity contribution < 1.29 is 9.53 Å². The minimum atomic E-state index is -0.176. The first kappa shape index (κ1) is 16.1. The van der Waals surface area contributed by atoms with Crippen molar-refractivity contribution in [2.45, 2.75) is 15.7 Å². The number of aromatic nitrogens is 2. The molecule has 1 aromatic heterocycles. The Bertz CT molecular complexity index is 866. The molecule has 1 aliphatic rings. The predicted octanol–water partition coefficient (Wildman–Crippen LogP) is 3.88. The zero-order valence-corrected chi connectivity index (χ0v) is 14.8. The molecule has 0 saturated heterocycles. The summed E-state index contributed by atoms with van der Waals surface area (Å²) in [7, 11) is 0. The van der Waals surface area contributed by atoms with E-state index in [2.05, 4.69) is 15.5 Å². The number of ether oxygens (including phenoxy) is 1. The first-order chi connectivity index (χ1) is 12.3. The molecule has 4 rings (SSSR count). The molecule has 0 aliphatic carbocycles. The van der Waals surface area contributed by atoms with E-state index in [9.17, 15) is 4.79 Å². The fourth-order valence-corrected chi connectivity index (χ4v) is 4.11. The van der Waals surface area contributed by atoms with Crippen LogP contribution < -0.4 is 10.1 Å². The van der Waals surface area contributed by atoms with E-state index >= 15 is 0 Å². The maximum Gasteiger partial charge on any atom is 0.231 e. The Morgan fingerprint density at radius 2 is 2.04 bits per heavy atom. The molecule has 5 nitrogen and oxygen atoms in total. The zero-order chi connectivity index (χ0) is 17.1. The summed E-state index contributed by atoms with van der Waals surface area (Å²) >= 11 is 3.06. The molecule has 0 spiro atoms. The van der Waals surface area contributed by atoms with Gasteiger partial charge in [-0.2, -0.15) is 0 Å². The first-order valence-electron chi connectivity index (χ1n) is 7.83. The van der Waals surface area contributed by atoms with Crippen molar-refractivity contribution in [1.82, 2.24) is 10.2 Å². The molecule has 0 saturated carbocycles. The lowest BCUT2D eigenvalue weighted by molar-refractivity contribution is -0.121. The smallest absolute Gasteiger partial charge is 0.231 e. The summed E-state index contributed by atoms with van der Waals surface area (Å²) in [6.07, 6.45) is 0.701. The Morgan fingerprint density at radius 3 is 2.84 bits per heavy atom. The van der Waals surface area contributed by atoms with E-state index < -0.39 is 0 Å². The number of rotatable bonds is 4. The van der Waals surface area contributed by atoms with Crippen molar-refractivity contribution in [1.29, 1.82) is 0 Å². The molecule has 1 aliphatic heterocycles. The molecule has 126 valence electrons. The third-order valence-corrected chi connectivity index (χ3v) is 5.70. The molecule has 2 aromatic carbocycles. The first-order valence-corrected chi connectivity index (χ1v) is 9.53. The van der Waals surface area contributed by atoms with E-state index in [-0.39, 0.29) is 11.8 Å². The highest BCUT2D eigenvalue weighted by Gasteiger charge is 2.25. The van der Waals surface area contributed by atoms with Crippen LogP contribution in [0.1, 0.15) is 5.56 Å². The minimum absolute atomic E-state index is 0.0148.